The van der Waals surface area contributed by atoms with Gasteiger partial charge in [0.15, 0.2) is 0 Å². The Labute approximate surface area is 201 Å². The molecule has 0 aliphatic carbocycles. The van der Waals surface area contributed by atoms with E-state index in [-0.39, 0.29) is 12.1 Å². The number of fused-ring (bicyclic) bond motifs is 2. The summed E-state index contributed by atoms with van der Waals surface area (Å²) in [6.45, 7) is 2.84. The Balaban J connectivity index is 1.26. The normalized spacial score (nSPS) is 15.9. The second kappa shape index (κ2) is 8.14. The van der Waals surface area contributed by atoms with Crippen LogP contribution in [0.3, 0.4) is 0 Å². The molecule has 0 bridgehead atoms. The summed E-state index contributed by atoms with van der Waals surface area (Å²) in [6, 6.07) is 11.7. The van der Waals surface area contributed by atoms with E-state index in [0.717, 1.165) is 38.8 Å². The molecule has 6 rings (SSSR count). The summed E-state index contributed by atoms with van der Waals surface area (Å²) in [6.07, 6.45) is 8.02. The number of hydrogen-bond donors (Lipinski definition) is 1. The SMILES string of the molecule is CC(Oc1ccc2[nH]nc(-c3cnn(C4CN(S(C)(=O)=O)C4)c3)c2c1)c1cccc2nccnc12. The second-order valence-electron chi connectivity index (χ2n) is 8.75. The van der Waals surface area contributed by atoms with E-state index in [9.17, 15) is 8.42 Å². The molecular formula is C24H23N7O3S. The van der Waals surface area contributed by atoms with Gasteiger partial charge in [-0.1, -0.05) is 12.1 Å². The van der Waals surface area contributed by atoms with Crippen molar-refractivity contribution < 1.29 is 13.2 Å². The molecule has 11 heteroatoms. The summed E-state index contributed by atoms with van der Waals surface area (Å²) in [5.74, 6) is 0.712. The van der Waals surface area contributed by atoms with Gasteiger partial charge < -0.3 is 4.74 Å². The van der Waals surface area contributed by atoms with Crippen LogP contribution < -0.4 is 4.74 Å². The molecule has 1 aliphatic heterocycles. The van der Waals surface area contributed by atoms with Gasteiger partial charge in [0.05, 0.1) is 35.0 Å². The van der Waals surface area contributed by atoms with Crippen LogP contribution in [0.25, 0.3) is 33.2 Å². The van der Waals surface area contributed by atoms with Crippen molar-refractivity contribution in [2.75, 3.05) is 19.3 Å². The lowest BCUT2D eigenvalue weighted by atomic mass is 10.1. The van der Waals surface area contributed by atoms with Crippen LogP contribution in [-0.2, 0) is 10.0 Å². The maximum Gasteiger partial charge on any atom is 0.211 e. The van der Waals surface area contributed by atoms with Crippen molar-refractivity contribution in [2.45, 2.75) is 19.1 Å². The highest BCUT2D eigenvalue weighted by molar-refractivity contribution is 7.88. The number of nitrogens with one attached hydrogen (secondary N) is 1. The van der Waals surface area contributed by atoms with Crippen molar-refractivity contribution in [1.82, 2.24) is 34.3 Å². The first-order valence-corrected chi connectivity index (χ1v) is 13.1. The van der Waals surface area contributed by atoms with E-state index in [1.165, 1.54) is 10.6 Å². The van der Waals surface area contributed by atoms with Crippen molar-refractivity contribution >= 4 is 32.0 Å². The number of aromatic amines is 1. The number of hydrogen-bond acceptors (Lipinski definition) is 7. The molecular weight excluding hydrogens is 466 g/mol. The first-order chi connectivity index (χ1) is 16.9. The lowest BCUT2D eigenvalue weighted by Crippen LogP contribution is -2.50. The van der Waals surface area contributed by atoms with E-state index >= 15 is 0 Å². The van der Waals surface area contributed by atoms with E-state index in [1.54, 1.807) is 18.6 Å². The topological polar surface area (TPSA) is 119 Å². The van der Waals surface area contributed by atoms with E-state index < -0.39 is 10.0 Å². The Bertz CT molecular complexity index is 1650. The predicted octanol–water partition coefficient (Wildman–Crippen LogP) is 3.33. The summed E-state index contributed by atoms with van der Waals surface area (Å²) in [4.78, 5) is 8.86. The molecule has 1 atom stereocenters. The van der Waals surface area contributed by atoms with Crippen LogP contribution >= 0.6 is 0 Å². The quantitative estimate of drug-likeness (QED) is 0.389. The van der Waals surface area contributed by atoms with Gasteiger partial charge in [0.2, 0.25) is 10.0 Å². The first kappa shape index (κ1) is 21.7. The number of benzene rings is 2. The molecule has 0 radical (unpaired) electrons. The lowest BCUT2D eigenvalue weighted by molar-refractivity contribution is 0.192. The molecule has 178 valence electrons. The zero-order chi connectivity index (χ0) is 24.2. The minimum Gasteiger partial charge on any atom is -0.486 e. The van der Waals surface area contributed by atoms with Crippen LogP contribution in [0.15, 0.2) is 61.2 Å². The van der Waals surface area contributed by atoms with Crippen LogP contribution in [0.1, 0.15) is 24.6 Å². The molecule has 4 heterocycles. The molecule has 5 aromatic rings. The highest BCUT2D eigenvalue weighted by atomic mass is 32.2. The van der Waals surface area contributed by atoms with Gasteiger partial charge in [0, 0.05) is 48.2 Å². The van der Waals surface area contributed by atoms with Gasteiger partial charge in [-0.25, -0.2) is 8.42 Å². The summed E-state index contributed by atoms with van der Waals surface area (Å²) in [5, 5.41) is 12.9. The molecule has 1 fully saturated rings. The zero-order valence-electron chi connectivity index (χ0n) is 19.2. The highest BCUT2D eigenvalue weighted by Crippen LogP contribution is 2.33. The Morgan fingerprint density at radius 2 is 1.97 bits per heavy atom. The van der Waals surface area contributed by atoms with Crippen LogP contribution in [0.4, 0.5) is 0 Å². The van der Waals surface area contributed by atoms with E-state index in [4.69, 9.17) is 4.74 Å². The highest BCUT2D eigenvalue weighted by Gasteiger charge is 2.35. The third-order valence-electron chi connectivity index (χ3n) is 6.36. The molecule has 1 N–H and O–H groups in total. The third-order valence-corrected chi connectivity index (χ3v) is 7.60. The van der Waals surface area contributed by atoms with Crippen molar-refractivity contribution in [3.8, 4) is 17.0 Å². The van der Waals surface area contributed by atoms with Crippen molar-refractivity contribution in [2.24, 2.45) is 0 Å². The third kappa shape index (κ3) is 3.92. The molecule has 1 unspecified atom stereocenters. The van der Waals surface area contributed by atoms with Crippen LogP contribution in [0.5, 0.6) is 5.75 Å². The number of H-pyrrole nitrogens is 1. The lowest BCUT2D eigenvalue weighted by Gasteiger charge is -2.36. The number of sulfonamides is 1. The fourth-order valence-corrected chi connectivity index (χ4v) is 5.30. The minimum atomic E-state index is -3.17. The largest absolute Gasteiger partial charge is 0.486 e. The molecule has 0 amide bonds. The number of aromatic nitrogens is 6. The summed E-state index contributed by atoms with van der Waals surface area (Å²) in [7, 11) is -3.17. The fraction of sp³-hybridized carbons (Fsp3) is 0.250. The Kier molecular flexibility index (Phi) is 5.04. The number of ether oxygens (including phenoxy) is 1. The van der Waals surface area contributed by atoms with E-state index in [2.05, 4.69) is 25.3 Å². The van der Waals surface area contributed by atoms with Gasteiger partial charge in [-0.05, 0) is 31.2 Å². The molecule has 0 saturated carbocycles. The Morgan fingerprint density at radius 1 is 1.14 bits per heavy atom. The van der Waals surface area contributed by atoms with E-state index in [0.29, 0.717) is 18.8 Å². The van der Waals surface area contributed by atoms with Crippen LogP contribution in [0, 0.1) is 0 Å². The van der Waals surface area contributed by atoms with Gasteiger partial charge in [0.1, 0.15) is 17.5 Å². The fourth-order valence-electron chi connectivity index (χ4n) is 4.41. The second-order valence-corrected chi connectivity index (χ2v) is 10.7. The monoisotopic (exact) mass is 489 g/mol. The summed E-state index contributed by atoms with van der Waals surface area (Å²) in [5.41, 5.74) is 5.12. The number of rotatable bonds is 6. The van der Waals surface area contributed by atoms with Gasteiger partial charge >= 0.3 is 0 Å². The molecule has 2 aromatic carbocycles. The molecule has 0 spiro atoms. The molecule has 10 nitrogen and oxygen atoms in total. The van der Waals surface area contributed by atoms with Crippen LogP contribution in [0.2, 0.25) is 0 Å². The van der Waals surface area contributed by atoms with Crippen molar-refractivity contribution in [1.29, 1.82) is 0 Å². The average molecular weight is 490 g/mol. The van der Waals surface area contributed by atoms with Gasteiger partial charge in [-0.2, -0.15) is 14.5 Å². The molecule has 35 heavy (non-hydrogen) atoms. The van der Waals surface area contributed by atoms with Crippen LogP contribution in [-0.4, -0.2) is 62.0 Å². The molecule has 1 aliphatic rings. The van der Waals surface area contributed by atoms with Gasteiger partial charge in [-0.15, -0.1) is 0 Å². The van der Waals surface area contributed by atoms with E-state index in [1.807, 2.05) is 54.2 Å². The standard InChI is InChI=1S/C24H23N7O3S/c1-15(19-4-3-5-22-24(19)26-9-8-25-22)34-18-6-7-21-20(10-18)23(29-28-21)16-11-27-31(12-16)17-13-30(14-17)35(2,32)33/h3-12,15,17H,13-14H2,1-2H3,(H,28,29). The minimum absolute atomic E-state index is 0.0206. The van der Waals surface area contributed by atoms with Crippen molar-refractivity contribution in [3.05, 3.63) is 66.7 Å². The number of nitrogens with zero attached hydrogens (tertiary/aromatic N) is 6. The predicted molar refractivity (Wildman–Crippen MR) is 131 cm³/mol. The maximum atomic E-state index is 11.7. The maximum absolute atomic E-state index is 11.7. The number of para-hydroxylation sites is 1. The Hall–Kier alpha value is -3.83. The summed E-state index contributed by atoms with van der Waals surface area (Å²) >= 11 is 0. The summed E-state index contributed by atoms with van der Waals surface area (Å²) < 4.78 is 32.9. The smallest absolute Gasteiger partial charge is 0.211 e. The molecule has 1 saturated heterocycles. The Morgan fingerprint density at radius 3 is 2.80 bits per heavy atom. The zero-order valence-corrected chi connectivity index (χ0v) is 20.0. The van der Waals surface area contributed by atoms with Gasteiger partial charge in [0.25, 0.3) is 0 Å². The molecule has 3 aromatic heterocycles. The van der Waals surface area contributed by atoms with Crippen molar-refractivity contribution in [3.63, 3.8) is 0 Å². The van der Waals surface area contributed by atoms with Gasteiger partial charge in [-0.3, -0.25) is 19.7 Å². The first-order valence-electron chi connectivity index (χ1n) is 11.2. The average Bonchev–Trinajstić information content (AvgIpc) is 3.43.